The van der Waals surface area contributed by atoms with E-state index < -0.39 is 19.0 Å². The molecule has 1 unspecified atom stereocenters. The Balaban J connectivity index is 1.92. The van der Waals surface area contributed by atoms with Gasteiger partial charge in [0.05, 0.1) is 12.3 Å². The van der Waals surface area contributed by atoms with Gasteiger partial charge in [0.15, 0.2) is 6.04 Å². The number of aryl methyl sites for hydroxylation is 1. The molecule has 6 nitrogen and oxygen atoms in total. The first-order chi connectivity index (χ1) is 12.9. The Morgan fingerprint density at radius 2 is 1.70 bits per heavy atom. The number of benzene rings is 2. The molecule has 2 aromatic carbocycles. The number of rotatable bonds is 10. The van der Waals surface area contributed by atoms with Crippen LogP contribution in [0.15, 0.2) is 60.7 Å². The molecule has 27 heavy (non-hydrogen) atoms. The number of hydroxylamine groups is 1. The lowest BCUT2D eigenvalue weighted by Crippen LogP contribution is -2.40. The third-order valence-electron chi connectivity index (χ3n) is 3.84. The molecule has 2 atom stereocenters. The van der Waals surface area contributed by atoms with Crippen molar-refractivity contribution >= 4 is 29.8 Å². The molecule has 0 fully saturated rings. The zero-order chi connectivity index (χ0) is 19.7. The highest BCUT2D eigenvalue weighted by molar-refractivity contribution is 7.80. The fourth-order valence-electron chi connectivity index (χ4n) is 2.51. The lowest BCUT2D eigenvalue weighted by Gasteiger charge is -2.28. The van der Waals surface area contributed by atoms with Gasteiger partial charge in [-0.3, -0.25) is 4.84 Å². The van der Waals surface area contributed by atoms with Gasteiger partial charge >= 0.3 is 12.9 Å². The molecule has 2 aromatic rings. The van der Waals surface area contributed by atoms with E-state index in [1.807, 2.05) is 24.3 Å². The van der Waals surface area contributed by atoms with Crippen molar-refractivity contribution < 1.29 is 23.6 Å². The lowest BCUT2D eigenvalue weighted by atomic mass is 10.1. The van der Waals surface area contributed by atoms with E-state index in [4.69, 9.17) is 21.0 Å². The number of unbranched alkanes of at least 4 members (excludes halogenated alkanes) is 1. The summed E-state index contributed by atoms with van der Waals surface area (Å²) in [4.78, 5) is 26.9. The summed E-state index contributed by atoms with van der Waals surface area (Å²) in [5, 5.41) is 1.37. The van der Waals surface area contributed by atoms with E-state index in [-0.39, 0.29) is 0 Å². The summed E-state index contributed by atoms with van der Waals surface area (Å²) in [6.45, 7) is -2.53. The topological polar surface area (TPSA) is 76.1 Å². The molecular formula is C19H23ClNO5P. The Morgan fingerprint density at radius 1 is 1.11 bits per heavy atom. The Kier molecular flexibility index (Phi) is 8.32. The zero-order valence-corrected chi connectivity index (χ0v) is 16.7. The van der Waals surface area contributed by atoms with Crippen molar-refractivity contribution in [3.05, 3.63) is 66.2 Å². The normalized spacial score (nSPS) is 14.2. The highest BCUT2D eigenvalue weighted by Gasteiger charge is 2.30. The first-order valence-corrected chi connectivity index (χ1v) is 11.1. The molecule has 1 N–H and O–H groups in total. The van der Waals surface area contributed by atoms with Gasteiger partial charge in [-0.15, -0.1) is 0 Å². The molecule has 0 amide bonds. The third kappa shape index (κ3) is 7.73. The highest BCUT2D eigenvalue weighted by atomic mass is 35.7. The van der Waals surface area contributed by atoms with Crippen molar-refractivity contribution in [3.63, 3.8) is 0 Å². The van der Waals surface area contributed by atoms with Crippen molar-refractivity contribution in [2.24, 2.45) is 0 Å². The van der Waals surface area contributed by atoms with E-state index in [0.29, 0.717) is 12.3 Å². The molecular weight excluding hydrogens is 389 g/mol. The summed E-state index contributed by atoms with van der Waals surface area (Å²) in [6.07, 6.45) is 2.65. The smallest absolute Gasteiger partial charge is 0.379 e. The molecule has 0 aromatic heterocycles. The van der Waals surface area contributed by atoms with Gasteiger partial charge in [0.25, 0.3) is 0 Å². The van der Waals surface area contributed by atoms with Gasteiger partial charge in [0, 0.05) is 11.2 Å². The Labute approximate surface area is 163 Å². The minimum atomic E-state index is -4.44. The molecule has 0 bridgehead atoms. The van der Waals surface area contributed by atoms with Crippen LogP contribution >= 0.6 is 18.2 Å². The number of hydrogen-bond donors (Lipinski definition) is 1. The van der Waals surface area contributed by atoms with Gasteiger partial charge in [-0.25, -0.2) is 14.4 Å². The predicted octanol–water partition coefficient (Wildman–Crippen LogP) is 4.72. The van der Waals surface area contributed by atoms with E-state index in [2.05, 4.69) is 16.7 Å². The van der Waals surface area contributed by atoms with Crippen LogP contribution in [0.2, 0.25) is 0 Å². The van der Waals surface area contributed by atoms with Crippen LogP contribution in [0.5, 0.6) is 0 Å². The maximum atomic E-state index is 12.1. The van der Waals surface area contributed by atoms with Crippen LogP contribution in [0.1, 0.15) is 25.3 Å². The van der Waals surface area contributed by atoms with E-state index in [1.165, 1.54) is 17.6 Å². The fourth-order valence-corrected chi connectivity index (χ4v) is 3.09. The van der Waals surface area contributed by atoms with Gasteiger partial charge in [0.1, 0.15) is 0 Å². The lowest BCUT2D eigenvalue weighted by molar-refractivity contribution is -0.137. The summed E-state index contributed by atoms with van der Waals surface area (Å²) in [5.74, 6) is -0.941. The van der Waals surface area contributed by atoms with Crippen molar-refractivity contribution in [1.29, 1.82) is 0 Å². The Bertz CT molecular complexity index is 753. The summed E-state index contributed by atoms with van der Waals surface area (Å²) < 4.78 is 15.5. The van der Waals surface area contributed by atoms with E-state index >= 15 is 0 Å². The van der Waals surface area contributed by atoms with Gasteiger partial charge < -0.3 is 9.42 Å². The second kappa shape index (κ2) is 10.5. The SMILES string of the molecule is C[C@@H](C(=O)OP(=O)(O)Cl)N(OCCCCc1ccccc1)c1ccccc1. The van der Waals surface area contributed by atoms with Crippen LogP contribution in [-0.4, -0.2) is 23.5 Å². The molecule has 0 heterocycles. The van der Waals surface area contributed by atoms with Gasteiger partial charge in [-0.1, -0.05) is 48.5 Å². The molecule has 8 heteroatoms. The molecule has 146 valence electrons. The molecule has 0 aliphatic rings. The number of carbonyl (C=O) groups excluding carboxylic acids is 1. The number of halogens is 1. The van der Waals surface area contributed by atoms with Crippen LogP contribution in [-0.2, 0) is 25.1 Å². The number of carbonyl (C=O) groups is 1. The maximum Gasteiger partial charge on any atom is 0.476 e. The largest absolute Gasteiger partial charge is 0.476 e. The van der Waals surface area contributed by atoms with Crippen molar-refractivity contribution in [1.82, 2.24) is 0 Å². The number of nitrogens with zero attached hydrogens (tertiary/aromatic N) is 1. The molecule has 0 aliphatic carbocycles. The van der Waals surface area contributed by atoms with Crippen molar-refractivity contribution in [2.75, 3.05) is 11.7 Å². The van der Waals surface area contributed by atoms with Crippen LogP contribution in [0.3, 0.4) is 0 Å². The summed E-state index contributed by atoms with van der Waals surface area (Å²) in [7, 11) is 0. The molecule has 0 aliphatic heterocycles. The van der Waals surface area contributed by atoms with Gasteiger partial charge in [-0.2, -0.15) is 0 Å². The average molecular weight is 412 g/mol. The first-order valence-electron chi connectivity index (χ1n) is 8.64. The summed E-state index contributed by atoms with van der Waals surface area (Å²) >= 11 is 5.14. The Morgan fingerprint density at radius 3 is 2.30 bits per heavy atom. The first kappa shape index (κ1) is 21.5. The maximum absolute atomic E-state index is 12.1. The second-order valence-corrected chi connectivity index (χ2v) is 8.34. The highest BCUT2D eigenvalue weighted by Crippen LogP contribution is 2.48. The molecule has 2 rings (SSSR count). The van der Waals surface area contributed by atoms with Gasteiger partial charge in [-0.05, 0) is 43.9 Å². The number of hydrogen-bond acceptors (Lipinski definition) is 5. The fraction of sp³-hybridized carbons (Fsp3) is 0.316. The molecule has 0 spiro atoms. The number of anilines is 1. The van der Waals surface area contributed by atoms with E-state index in [0.717, 1.165) is 19.3 Å². The van der Waals surface area contributed by atoms with Crippen LogP contribution in [0.25, 0.3) is 0 Å². The molecule has 0 saturated heterocycles. The van der Waals surface area contributed by atoms with Crippen molar-refractivity contribution in [3.8, 4) is 0 Å². The minimum absolute atomic E-state index is 0.386. The minimum Gasteiger partial charge on any atom is -0.379 e. The molecule has 0 radical (unpaired) electrons. The summed E-state index contributed by atoms with van der Waals surface area (Å²) in [5.41, 5.74) is 1.89. The molecule has 0 saturated carbocycles. The predicted molar refractivity (Wildman–Crippen MR) is 105 cm³/mol. The van der Waals surface area contributed by atoms with Crippen LogP contribution in [0.4, 0.5) is 5.69 Å². The van der Waals surface area contributed by atoms with E-state index in [9.17, 15) is 9.36 Å². The monoisotopic (exact) mass is 411 g/mol. The van der Waals surface area contributed by atoms with Crippen LogP contribution < -0.4 is 5.06 Å². The average Bonchev–Trinajstić information content (AvgIpc) is 2.64. The zero-order valence-electron chi connectivity index (χ0n) is 15.0. The Hall–Kier alpha value is -1.85. The standard InChI is InChI=1S/C19H23ClNO5P/c1-16(19(22)26-27(20,23)24)21(18-13-6-3-7-14-18)25-15-9-8-12-17-10-4-2-5-11-17/h2-7,10-11,13-14,16H,8-9,12,15H2,1H3,(H,23,24)/t16-/m0/s1. The van der Waals surface area contributed by atoms with Crippen molar-refractivity contribution in [2.45, 2.75) is 32.2 Å². The van der Waals surface area contributed by atoms with Crippen LogP contribution in [0, 0.1) is 0 Å². The van der Waals surface area contributed by atoms with E-state index in [1.54, 1.807) is 24.3 Å². The summed E-state index contributed by atoms with van der Waals surface area (Å²) in [6, 6.07) is 18.2. The number of para-hydroxylation sites is 1. The third-order valence-corrected chi connectivity index (χ3v) is 4.45. The quantitative estimate of drug-likeness (QED) is 0.346. The van der Waals surface area contributed by atoms with Gasteiger partial charge in [0.2, 0.25) is 0 Å². The second-order valence-electron chi connectivity index (χ2n) is 5.98.